The second-order valence-corrected chi connectivity index (χ2v) is 5.04. The molecule has 0 bridgehead atoms. The molecule has 10 heteroatoms. The van der Waals surface area contributed by atoms with Crippen molar-refractivity contribution in [1.29, 1.82) is 0 Å². The van der Waals surface area contributed by atoms with Crippen LogP contribution in [0.4, 0.5) is 18.9 Å². The number of carbonyl (C=O) groups is 3. The van der Waals surface area contributed by atoms with E-state index in [2.05, 4.69) is 20.1 Å². The first kappa shape index (κ1) is 20.3. The summed E-state index contributed by atoms with van der Waals surface area (Å²) in [5.41, 5.74) is 0.0835. The first-order valence-electron chi connectivity index (χ1n) is 7.03. The normalized spacial score (nSPS) is 12.1. The molecule has 0 saturated carbocycles. The third-order valence-electron chi connectivity index (χ3n) is 2.89. The zero-order valence-corrected chi connectivity index (χ0v) is 13.7. The maximum Gasteiger partial charge on any atom is 0.573 e. The molecule has 1 aromatic carbocycles. The molecule has 25 heavy (non-hydrogen) atoms. The summed E-state index contributed by atoms with van der Waals surface area (Å²) in [7, 11) is 1.12. The predicted molar refractivity (Wildman–Crippen MR) is 80.8 cm³/mol. The average molecular weight is 362 g/mol. The summed E-state index contributed by atoms with van der Waals surface area (Å²) in [6, 6.07) is 2.55. The SMILES string of the molecule is COC(=O)[C@@H](Cc1ccc(NC(C)=O)c(OC(F)(F)F)c1)NC(C)=O. The van der Waals surface area contributed by atoms with Crippen LogP contribution in [0.25, 0.3) is 0 Å². The van der Waals surface area contributed by atoms with Crippen LogP contribution in [0.3, 0.4) is 0 Å². The first-order chi connectivity index (χ1) is 11.5. The summed E-state index contributed by atoms with van der Waals surface area (Å²) in [5, 5.41) is 4.56. The zero-order chi connectivity index (χ0) is 19.2. The number of benzene rings is 1. The molecule has 0 heterocycles. The Kier molecular flexibility index (Phi) is 6.77. The first-order valence-corrected chi connectivity index (χ1v) is 7.03. The lowest BCUT2D eigenvalue weighted by atomic mass is 10.0. The molecule has 0 saturated heterocycles. The molecule has 0 spiro atoms. The summed E-state index contributed by atoms with van der Waals surface area (Å²) in [6.45, 7) is 2.32. The Labute approximate surface area is 141 Å². The molecular weight excluding hydrogens is 345 g/mol. The molecule has 0 aliphatic carbocycles. The number of esters is 1. The molecule has 0 aromatic heterocycles. The lowest BCUT2D eigenvalue weighted by Crippen LogP contribution is -2.42. The van der Waals surface area contributed by atoms with Crippen LogP contribution in [-0.4, -0.2) is 37.3 Å². The van der Waals surface area contributed by atoms with Gasteiger partial charge in [-0.3, -0.25) is 9.59 Å². The Balaban J connectivity index is 3.13. The van der Waals surface area contributed by atoms with Gasteiger partial charge in [-0.25, -0.2) is 4.79 Å². The standard InChI is InChI=1S/C15H17F3N2O5/c1-8(21)19-11-5-4-10(7-13(11)25-15(16,17)18)6-12(14(23)24-3)20-9(2)22/h4-5,7,12H,6H2,1-3H3,(H,19,21)(H,20,22)/t12-/m1/s1. The van der Waals surface area contributed by atoms with Gasteiger partial charge in [0.05, 0.1) is 12.8 Å². The molecule has 1 aromatic rings. The maximum atomic E-state index is 12.5. The minimum absolute atomic E-state index is 0.124. The van der Waals surface area contributed by atoms with Crippen LogP contribution in [0.5, 0.6) is 5.75 Å². The van der Waals surface area contributed by atoms with Crippen molar-refractivity contribution in [2.24, 2.45) is 0 Å². The fraction of sp³-hybridized carbons (Fsp3) is 0.400. The van der Waals surface area contributed by atoms with Gasteiger partial charge in [-0.1, -0.05) is 6.07 Å². The van der Waals surface area contributed by atoms with Gasteiger partial charge in [0.2, 0.25) is 11.8 Å². The largest absolute Gasteiger partial charge is 0.573 e. The van der Waals surface area contributed by atoms with Crippen LogP contribution < -0.4 is 15.4 Å². The number of nitrogens with one attached hydrogen (secondary N) is 2. The number of hydrogen-bond donors (Lipinski definition) is 2. The Morgan fingerprint density at radius 3 is 2.28 bits per heavy atom. The highest BCUT2D eigenvalue weighted by Gasteiger charge is 2.32. The van der Waals surface area contributed by atoms with Crippen molar-refractivity contribution in [3.63, 3.8) is 0 Å². The fourth-order valence-corrected chi connectivity index (χ4v) is 2.01. The van der Waals surface area contributed by atoms with Crippen LogP contribution in [0.2, 0.25) is 0 Å². The number of ether oxygens (including phenoxy) is 2. The van der Waals surface area contributed by atoms with E-state index in [1.54, 1.807) is 0 Å². The Hall–Kier alpha value is -2.78. The summed E-state index contributed by atoms with van der Waals surface area (Å²) in [5.74, 6) is -2.46. The summed E-state index contributed by atoms with van der Waals surface area (Å²) >= 11 is 0. The predicted octanol–water partition coefficient (Wildman–Crippen LogP) is 1.76. The number of carbonyl (C=O) groups excluding carboxylic acids is 3. The third kappa shape index (κ3) is 7.10. The van der Waals surface area contributed by atoms with Gasteiger partial charge in [0.1, 0.15) is 6.04 Å². The van der Waals surface area contributed by atoms with Crippen LogP contribution in [0, 0.1) is 0 Å². The molecule has 1 rings (SSSR count). The fourth-order valence-electron chi connectivity index (χ4n) is 2.01. The van der Waals surface area contributed by atoms with Crippen molar-refractivity contribution in [2.75, 3.05) is 12.4 Å². The summed E-state index contributed by atoms with van der Waals surface area (Å²) in [6.07, 6.45) is -5.09. The van der Waals surface area contributed by atoms with E-state index in [-0.39, 0.29) is 17.7 Å². The van der Waals surface area contributed by atoms with E-state index < -0.39 is 35.9 Å². The van der Waals surface area contributed by atoms with Crippen molar-refractivity contribution in [1.82, 2.24) is 5.32 Å². The van der Waals surface area contributed by atoms with Gasteiger partial charge in [0, 0.05) is 20.3 Å². The lowest BCUT2D eigenvalue weighted by Gasteiger charge is -2.18. The Morgan fingerprint density at radius 2 is 1.80 bits per heavy atom. The van der Waals surface area contributed by atoms with E-state index in [1.807, 2.05) is 0 Å². The molecule has 138 valence electrons. The van der Waals surface area contributed by atoms with E-state index in [0.717, 1.165) is 20.1 Å². The summed E-state index contributed by atoms with van der Waals surface area (Å²) < 4.78 is 46.1. The van der Waals surface area contributed by atoms with E-state index in [9.17, 15) is 27.6 Å². The quantitative estimate of drug-likeness (QED) is 0.752. The average Bonchev–Trinajstić information content (AvgIpc) is 2.46. The molecule has 7 nitrogen and oxygen atoms in total. The van der Waals surface area contributed by atoms with Gasteiger partial charge in [0.25, 0.3) is 0 Å². The highest BCUT2D eigenvalue weighted by molar-refractivity contribution is 5.90. The van der Waals surface area contributed by atoms with Crippen LogP contribution in [-0.2, 0) is 25.5 Å². The molecule has 0 radical (unpaired) electrons. The zero-order valence-electron chi connectivity index (χ0n) is 13.7. The van der Waals surface area contributed by atoms with Crippen LogP contribution in [0.1, 0.15) is 19.4 Å². The number of hydrogen-bond acceptors (Lipinski definition) is 5. The van der Waals surface area contributed by atoms with Gasteiger partial charge in [-0.15, -0.1) is 13.2 Å². The maximum absolute atomic E-state index is 12.5. The number of anilines is 1. The molecule has 0 unspecified atom stereocenters. The van der Waals surface area contributed by atoms with Gasteiger partial charge in [0.15, 0.2) is 5.75 Å². The van der Waals surface area contributed by atoms with Gasteiger partial charge in [-0.05, 0) is 17.7 Å². The Morgan fingerprint density at radius 1 is 1.16 bits per heavy atom. The smallest absolute Gasteiger partial charge is 0.467 e. The third-order valence-corrected chi connectivity index (χ3v) is 2.89. The monoisotopic (exact) mass is 362 g/mol. The number of halogens is 3. The number of methoxy groups -OCH3 is 1. The van der Waals surface area contributed by atoms with Crippen molar-refractivity contribution >= 4 is 23.5 Å². The van der Waals surface area contributed by atoms with E-state index in [4.69, 9.17) is 0 Å². The highest BCUT2D eigenvalue weighted by Crippen LogP contribution is 2.31. The molecule has 1 atom stereocenters. The van der Waals surface area contributed by atoms with E-state index >= 15 is 0 Å². The van der Waals surface area contributed by atoms with Gasteiger partial charge >= 0.3 is 12.3 Å². The van der Waals surface area contributed by atoms with Crippen molar-refractivity contribution in [2.45, 2.75) is 32.7 Å². The second-order valence-electron chi connectivity index (χ2n) is 5.04. The molecule has 2 N–H and O–H groups in total. The minimum atomic E-state index is -4.97. The number of amides is 2. The summed E-state index contributed by atoms with van der Waals surface area (Å²) in [4.78, 5) is 33.9. The van der Waals surface area contributed by atoms with Crippen molar-refractivity contribution < 1.29 is 37.0 Å². The van der Waals surface area contributed by atoms with Crippen molar-refractivity contribution in [3.05, 3.63) is 23.8 Å². The lowest BCUT2D eigenvalue weighted by molar-refractivity contribution is -0.274. The Bertz CT molecular complexity index is 661. The molecule has 0 aliphatic heterocycles. The van der Waals surface area contributed by atoms with E-state index in [1.165, 1.54) is 19.1 Å². The van der Waals surface area contributed by atoms with Gasteiger partial charge < -0.3 is 20.1 Å². The minimum Gasteiger partial charge on any atom is -0.467 e. The molecule has 2 amide bonds. The molecule has 0 fully saturated rings. The molecular formula is C15H17F3N2O5. The molecule has 0 aliphatic rings. The number of rotatable bonds is 6. The highest BCUT2D eigenvalue weighted by atomic mass is 19.4. The van der Waals surface area contributed by atoms with E-state index in [0.29, 0.717) is 0 Å². The van der Waals surface area contributed by atoms with Crippen molar-refractivity contribution in [3.8, 4) is 5.75 Å². The second kappa shape index (κ2) is 8.36. The van der Waals surface area contributed by atoms with Gasteiger partial charge in [-0.2, -0.15) is 0 Å². The number of alkyl halides is 3. The topological polar surface area (TPSA) is 93.7 Å². The van der Waals surface area contributed by atoms with Crippen LogP contribution >= 0.6 is 0 Å². The van der Waals surface area contributed by atoms with Crippen LogP contribution in [0.15, 0.2) is 18.2 Å².